The third kappa shape index (κ3) is 2.99. The van der Waals surface area contributed by atoms with E-state index in [0.717, 1.165) is 16.8 Å². The standard InChI is InChI=1S/C15H16BrN3O/c1-8-4-9(2)13(10(3)5-8)19-15(20)12-6-11(16)7-18-14(12)17/h4-7H,1-3H3,(H2,17,18)(H,19,20). The van der Waals surface area contributed by atoms with Gasteiger partial charge in [-0.2, -0.15) is 0 Å². The third-order valence-electron chi connectivity index (χ3n) is 3.05. The zero-order chi connectivity index (χ0) is 14.9. The highest BCUT2D eigenvalue weighted by atomic mass is 79.9. The number of rotatable bonds is 2. The highest BCUT2D eigenvalue weighted by molar-refractivity contribution is 9.10. The number of nitrogens with two attached hydrogens (primary N) is 1. The maximum atomic E-state index is 12.3. The monoisotopic (exact) mass is 333 g/mol. The molecule has 1 aromatic heterocycles. The Balaban J connectivity index is 2.35. The van der Waals surface area contributed by atoms with Crippen LogP contribution in [-0.4, -0.2) is 10.9 Å². The number of carbonyl (C=O) groups excluding carboxylic acids is 1. The fraction of sp³-hybridized carbons (Fsp3) is 0.200. The molecule has 0 bridgehead atoms. The second-order valence-electron chi connectivity index (χ2n) is 4.81. The molecule has 2 aromatic rings. The quantitative estimate of drug-likeness (QED) is 0.882. The number of halogens is 1. The molecule has 20 heavy (non-hydrogen) atoms. The van der Waals surface area contributed by atoms with E-state index in [2.05, 4.69) is 26.2 Å². The summed E-state index contributed by atoms with van der Waals surface area (Å²) in [6.07, 6.45) is 1.56. The second-order valence-corrected chi connectivity index (χ2v) is 5.73. The van der Waals surface area contributed by atoms with Crippen molar-refractivity contribution in [1.82, 2.24) is 4.98 Å². The van der Waals surface area contributed by atoms with Crippen LogP contribution in [0, 0.1) is 20.8 Å². The van der Waals surface area contributed by atoms with Gasteiger partial charge in [0, 0.05) is 16.4 Å². The highest BCUT2D eigenvalue weighted by Crippen LogP contribution is 2.24. The van der Waals surface area contributed by atoms with Crippen molar-refractivity contribution in [2.75, 3.05) is 11.1 Å². The van der Waals surface area contributed by atoms with Gasteiger partial charge >= 0.3 is 0 Å². The van der Waals surface area contributed by atoms with Crippen molar-refractivity contribution in [2.45, 2.75) is 20.8 Å². The van der Waals surface area contributed by atoms with Gasteiger partial charge in [-0.1, -0.05) is 17.7 Å². The van der Waals surface area contributed by atoms with E-state index >= 15 is 0 Å². The average molecular weight is 334 g/mol. The molecule has 0 aliphatic heterocycles. The molecule has 0 aliphatic rings. The van der Waals surface area contributed by atoms with Crippen LogP contribution in [0.3, 0.4) is 0 Å². The highest BCUT2D eigenvalue weighted by Gasteiger charge is 2.14. The zero-order valence-electron chi connectivity index (χ0n) is 11.6. The lowest BCUT2D eigenvalue weighted by atomic mass is 10.0. The normalized spacial score (nSPS) is 10.4. The molecule has 2 rings (SSSR count). The number of nitrogens with zero attached hydrogens (tertiary/aromatic N) is 1. The van der Waals surface area contributed by atoms with E-state index in [1.54, 1.807) is 12.3 Å². The minimum absolute atomic E-state index is 0.216. The molecule has 1 aromatic carbocycles. The Morgan fingerprint density at radius 3 is 2.40 bits per heavy atom. The van der Waals surface area contributed by atoms with Gasteiger partial charge in [0.25, 0.3) is 5.91 Å². The first-order valence-electron chi connectivity index (χ1n) is 6.18. The fourth-order valence-corrected chi connectivity index (χ4v) is 2.52. The Morgan fingerprint density at radius 1 is 1.20 bits per heavy atom. The number of hydrogen-bond donors (Lipinski definition) is 2. The van der Waals surface area contributed by atoms with Crippen LogP contribution in [-0.2, 0) is 0 Å². The molecule has 104 valence electrons. The predicted molar refractivity (Wildman–Crippen MR) is 85.0 cm³/mol. The van der Waals surface area contributed by atoms with E-state index in [-0.39, 0.29) is 11.7 Å². The number of aryl methyl sites for hydroxylation is 3. The summed E-state index contributed by atoms with van der Waals surface area (Å²) in [6.45, 7) is 5.97. The Kier molecular flexibility index (Phi) is 4.09. The van der Waals surface area contributed by atoms with E-state index in [1.807, 2.05) is 32.9 Å². The number of carbonyl (C=O) groups is 1. The molecule has 0 fully saturated rings. The summed E-state index contributed by atoms with van der Waals surface area (Å²) >= 11 is 3.29. The van der Waals surface area contributed by atoms with Crippen LogP contribution in [0.2, 0.25) is 0 Å². The van der Waals surface area contributed by atoms with Gasteiger partial charge in [0.2, 0.25) is 0 Å². The Bertz CT molecular complexity index is 660. The largest absolute Gasteiger partial charge is 0.383 e. The van der Waals surface area contributed by atoms with Gasteiger partial charge in [-0.25, -0.2) is 4.98 Å². The van der Waals surface area contributed by atoms with Gasteiger partial charge in [0.1, 0.15) is 5.82 Å². The summed E-state index contributed by atoms with van der Waals surface area (Å²) in [5.41, 5.74) is 10.1. The van der Waals surface area contributed by atoms with Crippen LogP contribution in [0.15, 0.2) is 28.9 Å². The third-order valence-corrected chi connectivity index (χ3v) is 3.48. The smallest absolute Gasteiger partial charge is 0.259 e. The Labute approximate surface area is 126 Å². The first kappa shape index (κ1) is 14.5. The van der Waals surface area contributed by atoms with Crippen molar-refractivity contribution in [1.29, 1.82) is 0 Å². The number of hydrogen-bond acceptors (Lipinski definition) is 3. The Morgan fingerprint density at radius 2 is 1.80 bits per heavy atom. The molecule has 1 amide bonds. The van der Waals surface area contributed by atoms with E-state index in [9.17, 15) is 4.79 Å². The van der Waals surface area contributed by atoms with Gasteiger partial charge in [-0.05, 0) is 53.9 Å². The van der Waals surface area contributed by atoms with Gasteiger partial charge in [0.05, 0.1) is 5.56 Å². The predicted octanol–water partition coefficient (Wildman–Crippen LogP) is 3.60. The lowest BCUT2D eigenvalue weighted by Gasteiger charge is -2.13. The molecule has 0 radical (unpaired) electrons. The lowest BCUT2D eigenvalue weighted by Crippen LogP contribution is -2.16. The van der Waals surface area contributed by atoms with E-state index in [0.29, 0.717) is 10.0 Å². The summed E-state index contributed by atoms with van der Waals surface area (Å²) in [5, 5.41) is 2.91. The summed E-state index contributed by atoms with van der Waals surface area (Å²) in [6, 6.07) is 5.73. The van der Waals surface area contributed by atoms with Gasteiger partial charge in [-0.15, -0.1) is 0 Å². The van der Waals surface area contributed by atoms with Gasteiger partial charge in [-0.3, -0.25) is 4.79 Å². The maximum Gasteiger partial charge on any atom is 0.259 e. The first-order valence-corrected chi connectivity index (χ1v) is 6.98. The molecule has 0 spiro atoms. The number of aromatic nitrogens is 1. The van der Waals surface area contributed by atoms with Crippen LogP contribution in [0.1, 0.15) is 27.0 Å². The molecule has 0 atom stereocenters. The van der Waals surface area contributed by atoms with Gasteiger partial charge in [0.15, 0.2) is 0 Å². The van der Waals surface area contributed by atoms with E-state index in [1.165, 1.54) is 5.56 Å². The van der Waals surface area contributed by atoms with Crippen molar-refractivity contribution in [3.8, 4) is 0 Å². The number of nitrogens with one attached hydrogen (secondary N) is 1. The van der Waals surface area contributed by atoms with Crippen LogP contribution in [0.25, 0.3) is 0 Å². The van der Waals surface area contributed by atoms with Crippen LogP contribution >= 0.6 is 15.9 Å². The minimum atomic E-state index is -0.258. The molecule has 1 heterocycles. The number of benzene rings is 1. The molecular weight excluding hydrogens is 318 g/mol. The number of anilines is 2. The number of amides is 1. The molecule has 3 N–H and O–H groups in total. The molecule has 0 aliphatic carbocycles. The lowest BCUT2D eigenvalue weighted by molar-refractivity contribution is 0.102. The van der Waals surface area contributed by atoms with Gasteiger partial charge < -0.3 is 11.1 Å². The van der Waals surface area contributed by atoms with E-state index in [4.69, 9.17) is 5.73 Å². The SMILES string of the molecule is Cc1cc(C)c(NC(=O)c2cc(Br)cnc2N)c(C)c1. The first-order chi connectivity index (χ1) is 9.38. The van der Waals surface area contributed by atoms with Crippen LogP contribution in [0.5, 0.6) is 0 Å². The number of pyridine rings is 1. The summed E-state index contributed by atoms with van der Waals surface area (Å²) in [5.74, 6) is -0.0422. The van der Waals surface area contributed by atoms with E-state index < -0.39 is 0 Å². The van der Waals surface area contributed by atoms with Crippen molar-refractivity contribution in [3.63, 3.8) is 0 Å². The molecule has 0 saturated carbocycles. The molecule has 5 heteroatoms. The zero-order valence-corrected chi connectivity index (χ0v) is 13.2. The summed E-state index contributed by atoms with van der Waals surface area (Å²) in [4.78, 5) is 16.3. The van der Waals surface area contributed by atoms with Crippen molar-refractivity contribution >= 4 is 33.3 Å². The van der Waals surface area contributed by atoms with Crippen LogP contribution in [0.4, 0.5) is 11.5 Å². The minimum Gasteiger partial charge on any atom is -0.383 e. The van der Waals surface area contributed by atoms with Crippen molar-refractivity contribution in [2.24, 2.45) is 0 Å². The molecule has 4 nitrogen and oxygen atoms in total. The van der Waals surface area contributed by atoms with Crippen molar-refractivity contribution < 1.29 is 4.79 Å². The Hall–Kier alpha value is -1.88. The average Bonchev–Trinajstić information content (AvgIpc) is 2.36. The molecule has 0 unspecified atom stereocenters. The second kappa shape index (κ2) is 5.63. The summed E-state index contributed by atoms with van der Waals surface area (Å²) in [7, 11) is 0. The van der Waals surface area contributed by atoms with Crippen LogP contribution < -0.4 is 11.1 Å². The van der Waals surface area contributed by atoms with Crippen molar-refractivity contribution in [3.05, 3.63) is 51.1 Å². The summed E-state index contributed by atoms with van der Waals surface area (Å²) < 4.78 is 0.717. The topological polar surface area (TPSA) is 68.0 Å². The fourth-order valence-electron chi connectivity index (χ4n) is 2.19. The number of nitrogen functional groups attached to an aromatic ring is 1. The molecular formula is C15H16BrN3O. The molecule has 0 saturated heterocycles. The maximum absolute atomic E-state index is 12.3.